The second-order valence-electron chi connectivity index (χ2n) is 10.6. The highest BCUT2D eigenvalue weighted by molar-refractivity contribution is 6.24. The van der Waals surface area contributed by atoms with Gasteiger partial charge in [0.1, 0.15) is 5.75 Å². The smallest absolute Gasteiger partial charge is 0.178 e. The molecule has 2 heteroatoms. The lowest BCUT2D eigenvalue weighted by atomic mass is 9.83. The Hall–Kier alpha value is -4.30. The van der Waals surface area contributed by atoms with E-state index < -0.39 is 5.60 Å². The van der Waals surface area contributed by atoms with Crippen LogP contribution in [0.15, 0.2) is 103 Å². The summed E-state index contributed by atoms with van der Waals surface area (Å²) in [7, 11) is 0. The van der Waals surface area contributed by atoms with E-state index >= 15 is 0 Å². The summed E-state index contributed by atoms with van der Waals surface area (Å²) in [6.07, 6.45) is 5.65. The van der Waals surface area contributed by atoms with E-state index in [9.17, 15) is 0 Å². The molecule has 38 heavy (non-hydrogen) atoms. The molecular weight excluding hydrogens is 462 g/mol. The third-order valence-electron chi connectivity index (χ3n) is 8.01. The zero-order valence-corrected chi connectivity index (χ0v) is 22.2. The Morgan fingerprint density at radius 1 is 0.711 bits per heavy atom. The highest BCUT2D eigenvalue weighted by Crippen LogP contribution is 2.50. The molecule has 2 heterocycles. The summed E-state index contributed by atoms with van der Waals surface area (Å²) in [5.74, 6) is 0.961. The fourth-order valence-corrected chi connectivity index (χ4v) is 6.29. The van der Waals surface area contributed by atoms with Crippen LogP contribution in [-0.2, 0) is 12.1 Å². The van der Waals surface area contributed by atoms with Crippen molar-refractivity contribution >= 4 is 38.7 Å². The number of hydrogen-bond acceptors (Lipinski definition) is 1. The minimum atomic E-state index is -0.710. The average Bonchev–Trinajstić information content (AvgIpc) is 3.27. The molecule has 5 aromatic carbocycles. The standard InChI is InChI=1S/C36H31NO/c1-4-21-37-32-23-25(3)16-18-29(32)33-28-17-15-24(2)22-31(28)35-30(34(33)37)19-20-36(38-35,26-11-7-5-8-12-26)27-13-9-6-10-14-27/h5-20,22-23H,4,21H2,1-3H3. The Morgan fingerprint density at radius 3 is 2.00 bits per heavy atom. The number of aromatic nitrogens is 1. The molecule has 0 N–H and O–H groups in total. The van der Waals surface area contributed by atoms with E-state index in [4.69, 9.17) is 4.74 Å². The van der Waals surface area contributed by atoms with Crippen LogP contribution in [-0.4, -0.2) is 4.57 Å². The van der Waals surface area contributed by atoms with Gasteiger partial charge in [-0.1, -0.05) is 97.4 Å². The van der Waals surface area contributed by atoms with Crippen LogP contribution in [0.5, 0.6) is 5.75 Å². The Morgan fingerprint density at radius 2 is 1.34 bits per heavy atom. The highest BCUT2D eigenvalue weighted by Gasteiger charge is 2.38. The lowest BCUT2D eigenvalue weighted by Gasteiger charge is -2.37. The summed E-state index contributed by atoms with van der Waals surface area (Å²) in [5, 5.41) is 5.05. The number of nitrogens with zero attached hydrogens (tertiary/aromatic N) is 1. The lowest BCUT2D eigenvalue weighted by Crippen LogP contribution is -2.34. The first-order chi connectivity index (χ1) is 18.6. The van der Waals surface area contributed by atoms with E-state index in [0.717, 1.165) is 29.8 Å². The largest absolute Gasteiger partial charge is 0.472 e. The zero-order valence-electron chi connectivity index (χ0n) is 22.2. The van der Waals surface area contributed by atoms with Gasteiger partial charge in [0.15, 0.2) is 5.60 Å². The van der Waals surface area contributed by atoms with Crippen molar-refractivity contribution in [2.24, 2.45) is 0 Å². The molecular formula is C36H31NO. The third-order valence-corrected chi connectivity index (χ3v) is 8.01. The quantitative estimate of drug-likeness (QED) is 0.239. The molecule has 1 aromatic heterocycles. The molecule has 2 nitrogen and oxygen atoms in total. The van der Waals surface area contributed by atoms with E-state index in [1.807, 2.05) is 0 Å². The van der Waals surface area contributed by atoms with Gasteiger partial charge in [-0.3, -0.25) is 0 Å². The van der Waals surface area contributed by atoms with E-state index in [2.05, 4.69) is 135 Å². The molecule has 0 aliphatic carbocycles. The molecule has 1 aliphatic rings. The summed E-state index contributed by atoms with van der Waals surface area (Å²) >= 11 is 0. The fraction of sp³-hybridized carbons (Fsp3) is 0.167. The maximum atomic E-state index is 7.32. The van der Waals surface area contributed by atoms with E-state index in [0.29, 0.717) is 0 Å². The minimum absolute atomic E-state index is 0.710. The number of aryl methyl sites for hydroxylation is 3. The van der Waals surface area contributed by atoms with Crippen molar-refractivity contribution in [1.29, 1.82) is 0 Å². The van der Waals surface area contributed by atoms with E-state index in [1.165, 1.54) is 49.3 Å². The molecule has 0 bridgehead atoms. The Kier molecular flexibility index (Phi) is 5.19. The van der Waals surface area contributed by atoms with Crippen LogP contribution in [0.3, 0.4) is 0 Å². The molecule has 0 radical (unpaired) electrons. The van der Waals surface area contributed by atoms with Crippen molar-refractivity contribution in [2.45, 2.75) is 39.3 Å². The van der Waals surface area contributed by atoms with Gasteiger partial charge >= 0.3 is 0 Å². The lowest BCUT2D eigenvalue weighted by molar-refractivity contribution is 0.164. The van der Waals surface area contributed by atoms with Crippen molar-refractivity contribution in [2.75, 3.05) is 0 Å². The predicted molar refractivity (Wildman–Crippen MR) is 160 cm³/mol. The number of fused-ring (bicyclic) bond motifs is 8. The van der Waals surface area contributed by atoms with Crippen molar-refractivity contribution < 1.29 is 4.74 Å². The molecule has 6 aromatic rings. The Balaban J connectivity index is 1.64. The monoisotopic (exact) mass is 493 g/mol. The second-order valence-corrected chi connectivity index (χ2v) is 10.6. The van der Waals surface area contributed by atoms with Gasteiger partial charge in [0, 0.05) is 44.9 Å². The molecule has 0 fully saturated rings. The summed E-state index contributed by atoms with van der Waals surface area (Å²) < 4.78 is 9.84. The van der Waals surface area contributed by atoms with Gasteiger partial charge in [-0.25, -0.2) is 0 Å². The van der Waals surface area contributed by atoms with Crippen molar-refractivity contribution in [1.82, 2.24) is 4.57 Å². The number of benzene rings is 5. The van der Waals surface area contributed by atoms with Crippen LogP contribution in [0.1, 0.15) is 41.2 Å². The van der Waals surface area contributed by atoms with Crippen LogP contribution in [0, 0.1) is 13.8 Å². The molecule has 0 amide bonds. The van der Waals surface area contributed by atoms with Gasteiger partial charge in [-0.15, -0.1) is 0 Å². The Bertz CT molecular complexity index is 1820. The van der Waals surface area contributed by atoms with Crippen molar-refractivity contribution in [3.05, 3.63) is 131 Å². The van der Waals surface area contributed by atoms with Gasteiger partial charge in [0.05, 0.1) is 5.52 Å². The maximum absolute atomic E-state index is 7.32. The minimum Gasteiger partial charge on any atom is -0.472 e. The summed E-state index contributed by atoms with van der Waals surface area (Å²) in [6, 6.07) is 34.9. The van der Waals surface area contributed by atoms with Crippen LogP contribution in [0.25, 0.3) is 38.7 Å². The van der Waals surface area contributed by atoms with Crippen molar-refractivity contribution in [3.8, 4) is 5.75 Å². The topological polar surface area (TPSA) is 14.2 Å². The molecule has 186 valence electrons. The first kappa shape index (κ1) is 22.9. The van der Waals surface area contributed by atoms with Gasteiger partial charge in [0.2, 0.25) is 0 Å². The van der Waals surface area contributed by atoms with Crippen LogP contribution >= 0.6 is 0 Å². The van der Waals surface area contributed by atoms with Gasteiger partial charge in [0.25, 0.3) is 0 Å². The summed E-state index contributed by atoms with van der Waals surface area (Å²) in [4.78, 5) is 0. The number of ether oxygens (including phenoxy) is 1. The van der Waals surface area contributed by atoms with Gasteiger partial charge in [-0.05, 0) is 55.5 Å². The normalized spacial score (nSPS) is 14.2. The average molecular weight is 494 g/mol. The summed E-state index contributed by atoms with van der Waals surface area (Å²) in [5.41, 5.74) is 7.79. The van der Waals surface area contributed by atoms with E-state index in [-0.39, 0.29) is 0 Å². The Labute approximate surface area is 223 Å². The molecule has 0 spiro atoms. The van der Waals surface area contributed by atoms with Crippen molar-refractivity contribution in [3.63, 3.8) is 0 Å². The van der Waals surface area contributed by atoms with Crippen LogP contribution < -0.4 is 4.74 Å². The highest BCUT2D eigenvalue weighted by atomic mass is 16.5. The molecule has 0 saturated heterocycles. The first-order valence-corrected chi connectivity index (χ1v) is 13.6. The predicted octanol–water partition coefficient (Wildman–Crippen LogP) is 9.32. The van der Waals surface area contributed by atoms with Crippen LogP contribution in [0.4, 0.5) is 0 Å². The zero-order chi connectivity index (χ0) is 25.9. The summed E-state index contributed by atoms with van der Waals surface area (Å²) in [6.45, 7) is 7.57. The maximum Gasteiger partial charge on any atom is 0.178 e. The first-order valence-electron chi connectivity index (χ1n) is 13.6. The third kappa shape index (κ3) is 3.26. The molecule has 0 saturated carbocycles. The molecule has 7 rings (SSSR count). The fourth-order valence-electron chi connectivity index (χ4n) is 6.29. The number of rotatable bonds is 4. The van der Waals surface area contributed by atoms with Crippen LogP contribution in [0.2, 0.25) is 0 Å². The second kappa shape index (κ2) is 8.63. The molecule has 0 atom stereocenters. The SMILES string of the molecule is CCCn1c2cc(C)ccc2c2c3ccc(C)cc3c3c(c21)C=CC(c1ccccc1)(c1ccccc1)O3. The van der Waals surface area contributed by atoms with Gasteiger partial charge in [-0.2, -0.15) is 0 Å². The molecule has 1 aliphatic heterocycles. The van der Waals surface area contributed by atoms with E-state index in [1.54, 1.807) is 0 Å². The van der Waals surface area contributed by atoms with Gasteiger partial charge < -0.3 is 9.30 Å². The number of hydrogen-bond donors (Lipinski definition) is 0. The molecule has 0 unspecified atom stereocenters.